The lowest BCUT2D eigenvalue weighted by Gasteiger charge is -2.28. The van der Waals surface area contributed by atoms with Crippen molar-refractivity contribution in [3.63, 3.8) is 0 Å². The molecule has 90 valence electrons. The van der Waals surface area contributed by atoms with Crippen LogP contribution in [0.1, 0.15) is 31.4 Å². The molecule has 0 saturated heterocycles. The topological polar surface area (TPSA) is 50.1 Å². The summed E-state index contributed by atoms with van der Waals surface area (Å²) < 4.78 is 1.82. The molecule has 4 heteroatoms. The van der Waals surface area contributed by atoms with Crippen LogP contribution in [0.15, 0.2) is 12.3 Å². The highest BCUT2D eigenvalue weighted by Crippen LogP contribution is 2.18. The summed E-state index contributed by atoms with van der Waals surface area (Å²) >= 11 is 0. The van der Waals surface area contributed by atoms with E-state index in [1.54, 1.807) is 0 Å². The van der Waals surface area contributed by atoms with E-state index in [4.69, 9.17) is 0 Å². The molecule has 0 aromatic carbocycles. The number of aliphatic hydroxyl groups is 1. The Labute approximate surface area is 96.7 Å². The van der Waals surface area contributed by atoms with Gasteiger partial charge in [-0.25, -0.2) is 0 Å². The normalized spacial score (nSPS) is 25.9. The summed E-state index contributed by atoms with van der Waals surface area (Å²) in [6.07, 6.45) is 7.19. The maximum absolute atomic E-state index is 9.79. The van der Waals surface area contributed by atoms with Crippen molar-refractivity contribution in [3.05, 3.63) is 18.0 Å². The highest BCUT2D eigenvalue weighted by molar-refractivity contribution is 4.99. The Morgan fingerprint density at radius 1 is 1.50 bits per heavy atom. The molecule has 2 N–H and O–H groups in total. The average molecular weight is 223 g/mol. The molecule has 1 aliphatic carbocycles. The second-order valence-corrected chi connectivity index (χ2v) is 4.64. The first kappa shape index (κ1) is 11.6. The summed E-state index contributed by atoms with van der Waals surface area (Å²) in [4.78, 5) is 0. The van der Waals surface area contributed by atoms with E-state index >= 15 is 0 Å². The van der Waals surface area contributed by atoms with Gasteiger partial charge in [0.25, 0.3) is 0 Å². The molecule has 0 spiro atoms. The number of nitrogens with zero attached hydrogens (tertiary/aromatic N) is 2. The maximum Gasteiger partial charge on any atom is 0.0693 e. The molecule has 0 radical (unpaired) electrons. The molecule has 2 atom stereocenters. The van der Waals surface area contributed by atoms with Gasteiger partial charge in [-0.05, 0) is 18.9 Å². The van der Waals surface area contributed by atoms with Gasteiger partial charge in [0.2, 0.25) is 0 Å². The standard InChI is InChI=1S/C12H21N3O/c1-15-9-7-10(14-15)6-8-13-11-4-2-3-5-12(11)16/h7,9,11-13,16H,2-6,8H2,1H3/t11-,12-/m0/s1. The molecule has 1 aliphatic rings. The van der Waals surface area contributed by atoms with Crippen molar-refractivity contribution in [2.75, 3.05) is 6.54 Å². The van der Waals surface area contributed by atoms with Crippen LogP contribution in [-0.2, 0) is 13.5 Å². The van der Waals surface area contributed by atoms with E-state index in [-0.39, 0.29) is 12.1 Å². The zero-order valence-electron chi connectivity index (χ0n) is 9.89. The predicted octanol–water partition coefficient (Wildman–Crippen LogP) is 0.856. The van der Waals surface area contributed by atoms with Crippen molar-refractivity contribution in [1.29, 1.82) is 0 Å². The van der Waals surface area contributed by atoms with Crippen LogP contribution in [0.4, 0.5) is 0 Å². The van der Waals surface area contributed by atoms with Gasteiger partial charge < -0.3 is 10.4 Å². The van der Waals surface area contributed by atoms with E-state index in [1.165, 1.54) is 12.8 Å². The number of aryl methyl sites for hydroxylation is 1. The van der Waals surface area contributed by atoms with Crippen LogP contribution in [-0.4, -0.2) is 33.6 Å². The van der Waals surface area contributed by atoms with Gasteiger partial charge in [-0.2, -0.15) is 5.10 Å². The van der Waals surface area contributed by atoms with Gasteiger partial charge in [0.05, 0.1) is 11.8 Å². The third-order valence-corrected chi connectivity index (χ3v) is 3.29. The molecular formula is C12H21N3O. The third-order valence-electron chi connectivity index (χ3n) is 3.29. The molecule has 1 heterocycles. The lowest BCUT2D eigenvalue weighted by molar-refractivity contribution is 0.0913. The van der Waals surface area contributed by atoms with Crippen LogP contribution in [0.3, 0.4) is 0 Å². The average Bonchev–Trinajstić information content (AvgIpc) is 2.67. The van der Waals surface area contributed by atoms with Crippen molar-refractivity contribution in [2.45, 2.75) is 44.2 Å². The molecule has 4 nitrogen and oxygen atoms in total. The predicted molar refractivity (Wildman–Crippen MR) is 63.2 cm³/mol. The Kier molecular flexibility index (Phi) is 3.96. The maximum atomic E-state index is 9.79. The summed E-state index contributed by atoms with van der Waals surface area (Å²) in [5, 5.41) is 17.5. The lowest BCUT2D eigenvalue weighted by atomic mass is 9.92. The Morgan fingerprint density at radius 3 is 3.00 bits per heavy atom. The molecule has 2 rings (SSSR count). The van der Waals surface area contributed by atoms with Gasteiger partial charge in [-0.3, -0.25) is 4.68 Å². The number of aromatic nitrogens is 2. The quantitative estimate of drug-likeness (QED) is 0.796. The van der Waals surface area contributed by atoms with Crippen LogP contribution < -0.4 is 5.32 Å². The first-order valence-electron chi connectivity index (χ1n) is 6.15. The van der Waals surface area contributed by atoms with E-state index in [0.29, 0.717) is 0 Å². The van der Waals surface area contributed by atoms with Crippen LogP contribution in [0, 0.1) is 0 Å². The SMILES string of the molecule is Cn1ccc(CCN[C@H]2CCCC[C@@H]2O)n1. The minimum absolute atomic E-state index is 0.155. The van der Waals surface area contributed by atoms with Gasteiger partial charge >= 0.3 is 0 Å². The zero-order chi connectivity index (χ0) is 11.4. The van der Waals surface area contributed by atoms with Gasteiger partial charge in [0, 0.05) is 32.3 Å². The van der Waals surface area contributed by atoms with E-state index in [0.717, 1.165) is 31.5 Å². The Hall–Kier alpha value is -0.870. The Balaban J connectivity index is 1.71. The molecule has 1 fully saturated rings. The van der Waals surface area contributed by atoms with Crippen molar-refractivity contribution >= 4 is 0 Å². The van der Waals surface area contributed by atoms with Crippen molar-refractivity contribution in [3.8, 4) is 0 Å². The largest absolute Gasteiger partial charge is 0.392 e. The second-order valence-electron chi connectivity index (χ2n) is 4.64. The molecule has 0 bridgehead atoms. The van der Waals surface area contributed by atoms with E-state index in [2.05, 4.69) is 10.4 Å². The summed E-state index contributed by atoms with van der Waals surface area (Å²) in [5.41, 5.74) is 1.11. The minimum atomic E-state index is -0.155. The van der Waals surface area contributed by atoms with E-state index in [1.807, 2.05) is 24.0 Å². The molecule has 0 aliphatic heterocycles. The van der Waals surface area contributed by atoms with Crippen molar-refractivity contribution in [1.82, 2.24) is 15.1 Å². The Morgan fingerprint density at radius 2 is 2.31 bits per heavy atom. The van der Waals surface area contributed by atoms with Crippen LogP contribution >= 0.6 is 0 Å². The molecular weight excluding hydrogens is 202 g/mol. The van der Waals surface area contributed by atoms with Gasteiger partial charge in [0.1, 0.15) is 0 Å². The highest BCUT2D eigenvalue weighted by atomic mass is 16.3. The third kappa shape index (κ3) is 3.06. The molecule has 0 amide bonds. The van der Waals surface area contributed by atoms with E-state index < -0.39 is 0 Å². The van der Waals surface area contributed by atoms with Crippen LogP contribution in [0.2, 0.25) is 0 Å². The number of nitrogens with one attached hydrogen (secondary N) is 1. The summed E-state index contributed by atoms with van der Waals surface area (Å²) in [7, 11) is 1.93. The summed E-state index contributed by atoms with van der Waals surface area (Å²) in [5.74, 6) is 0. The molecule has 0 unspecified atom stereocenters. The zero-order valence-corrected chi connectivity index (χ0v) is 9.89. The number of aliphatic hydroxyl groups excluding tert-OH is 1. The summed E-state index contributed by atoms with van der Waals surface area (Å²) in [6, 6.07) is 2.33. The van der Waals surface area contributed by atoms with Crippen LogP contribution in [0.25, 0.3) is 0 Å². The molecule has 1 aromatic heterocycles. The Bertz CT molecular complexity index is 324. The molecule has 1 aromatic rings. The van der Waals surface area contributed by atoms with Gasteiger partial charge in [-0.15, -0.1) is 0 Å². The summed E-state index contributed by atoms with van der Waals surface area (Å²) in [6.45, 7) is 0.902. The fraction of sp³-hybridized carbons (Fsp3) is 0.750. The fourth-order valence-corrected chi connectivity index (χ4v) is 2.33. The molecule has 1 saturated carbocycles. The highest BCUT2D eigenvalue weighted by Gasteiger charge is 2.21. The number of hydrogen-bond donors (Lipinski definition) is 2. The van der Waals surface area contributed by atoms with Gasteiger partial charge in [0.15, 0.2) is 0 Å². The number of rotatable bonds is 4. The minimum Gasteiger partial charge on any atom is -0.392 e. The monoisotopic (exact) mass is 223 g/mol. The fourth-order valence-electron chi connectivity index (χ4n) is 2.33. The van der Waals surface area contributed by atoms with E-state index in [9.17, 15) is 5.11 Å². The first-order chi connectivity index (χ1) is 7.75. The smallest absolute Gasteiger partial charge is 0.0693 e. The van der Waals surface area contributed by atoms with Gasteiger partial charge in [-0.1, -0.05) is 12.8 Å². The molecule has 16 heavy (non-hydrogen) atoms. The van der Waals surface area contributed by atoms with Crippen molar-refractivity contribution < 1.29 is 5.11 Å². The lowest BCUT2D eigenvalue weighted by Crippen LogP contribution is -2.42. The number of hydrogen-bond acceptors (Lipinski definition) is 3. The first-order valence-corrected chi connectivity index (χ1v) is 6.15. The van der Waals surface area contributed by atoms with Crippen molar-refractivity contribution in [2.24, 2.45) is 7.05 Å². The van der Waals surface area contributed by atoms with Crippen LogP contribution in [0.5, 0.6) is 0 Å². The second kappa shape index (κ2) is 5.46.